The lowest BCUT2D eigenvalue weighted by atomic mass is 10.1. The van der Waals surface area contributed by atoms with E-state index in [4.69, 9.17) is 11.6 Å². The fourth-order valence-corrected chi connectivity index (χ4v) is 4.13. The van der Waals surface area contributed by atoms with E-state index < -0.39 is 0 Å². The Labute approximate surface area is 189 Å². The molecule has 31 heavy (non-hydrogen) atoms. The normalized spacial score (nSPS) is 14.5. The first kappa shape index (κ1) is 23.1. The number of nitrogens with zero attached hydrogens (tertiary/aromatic N) is 2. The SMILES string of the molecule is Cc1nn(CC(C)C)c(Cl)c1/C=C/C(=O)NCc1cccc(NC(=O)C2CCCC2)c1. The fourth-order valence-electron chi connectivity index (χ4n) is 3.82. The van der Waals surface area contributed by atoms with E-state index in [0.717, 1.165) is 54.7 Å². The van der Waals surface area contributed by atoms with E-state index >= 15 is 0 Å². The number of anilines is 1. The summed E-state index contributed by atoms with van der Waals surface area (Å²) in [5.74, 6) is 0.420. The molecule has 1 heterocycles. The summed E-state index contributed by atoms with van der Waals surface area (Å²) in [4.78, 5) is 24.6. The molecule has 2 N–H and O–H groups in total. The van der Waals surface area contributed by atoms with Gasteiger partial charge in [0.15, 0.2) is 0 Å². The molecule has 6 nitrogen and oxygen atoms in total. The molecule has 1 aliphatic carbocycles. The van der Waals surface area contributed by atoms with Gasteiger partial charge in [-0.1, -0.05) is 50.4 Å². The average molecular weight is 443 g/mol. The van der Waals surface area contributed by atoms with Gasteiger partial charge in [0.2, 0.25) is 11.8 Å². The number of hydrogen-bond donors (Lipinski definition) is 2. The summed E-state index contributed by atoms with van der Waals surface area (Å²) in [6.07, 6.45) is 7.36. The average Bonchev–Trinajstić information content (AvgIpc) is 3.34. The molecule has 0 aliphatic heterocycles. The van der Waals surface area contributed by atoms with Gasteiger partial charge in [0.25, 0.3) is 0 Å². The van der Waals surface area contributed by atoms with E-state index in [-0.39, 0.29) is 17.7 Å². The molecule has 2 aromatic rings. The predicted octanol–water partition coefficient (Wildman–Crippen LogP) is 4.96. The van der Waals surface area contributed by atoms with Gasteiger partial charge in [-0.2, -0.15) is 5.10 Å². The van der Waals surface area contributed by atoms with Crippen molar-refractivity contribution in [2.45, 2.75) is 59.5 Å². The number of hydrogen-bond acceptors (Lipinski definition) is 3. The van der Waals surface area contributed by atoms with Crippen LogP contribution in [0.25, 0.3) is 6.08 Å². The van der Waals surface area contributed by atoms with Crippen LogP contribution >= 0.6 is 11.6 Å². The molecule has 1 aromatic carbocycles. The molecule has 0 radical (unpaired) electrons. The van der Waals surface area contributed by atoms with Crippen molar-refractivity contribution in [1.29, 1.82) is 0 Å². The second kappa shape index (κ2) is 10.6. The van der Waals surface area contributed by atoms with E-state index in [9.17, 15) is 9.59 Å². The smallest absolute Gasteiger partial charge is 0.244 e. The monoisotopic (exact) mass is 442 g/mol. The first-order chi connectivity index (χ1) is 14.8. The highest BCUT2D eigenvalue weighted by atomic mass is 35.5. The first-order valence-corrected chi connectivity index (χ1v) is 11.3. The zero-order valence-corrected chi connectivity index (χ0v) is 19.2. The van der Waals surface area contributed by atoms with Gasteiger partial charge in [0, 0.05) is 36.3 Å². The molecule has 2 amide bonds. The maximum atomic E-state index is 12.3. The van der Waals surface area contributed by atoms with Crippen LogP contribution in [0.3, 0.4) is 0 Å². The topological polar surface area (TPSA) is 76.0 Å². The van der Waals surface area contributed by atoms with Crippen LogP contribution in [0.1, 0.15) is 56.4 Å². The molecule has 7 heteroatoms. The zero-order valence-electron chi connectivity index (χ0n) is 18.5. The summed E-state index contributed by atoms with van der Waals surface area (Å²) in [5.41, 5.74) is 3.23. The van der Waals surface area contributed by atoms with Crippen LogP contribution in [0.4, 0.5) is 5.69 Å². The highest BCUT2D eigenvalue weighted by Crippen LogP contribution is 2.26. The van der Waals surface area contributed by atoms with Crippen molar-refractivity contribution in [3.05, 3.63) is 52.3 Å². The van der Waals surface area contributed by atoms with E-state index in [1.807, 2.05) is 31.2 Å². The molecule has 0 unspecified atom stereocenters. The Morgan fingerprint density at radius 2 is 2.03 bits per heavy atom. The number of amides is 2. The summed E-state index contributed by atoms with van der Waals surface area (Å²) in [7, 11) is 0. The van der Waals surface area contributed by atoms with Gasteiger partial charge in [-0.05, 0) is 49.5 Å². The number of carbonyl (C=O) groups excluding carboxylic acids is 2. The lowest BCUT2D eigenvalue weighted by molar-refractivity contribution is -0.119. The number of aryl methyl sites for hydroxylation is 1. The maximum Gasteiger partial charge on any atom is 0.244 e. The van der Waals surface area contributed by atoms with Gasteiger partial charge < -0.3 is 10.6 Å². The summed E-state index contributed by atoms with van der Waals surface area (Å²) in [6.45, 7) is 7.19. The van der Waals surface area contributed by atoms with Gasteiger partial charge in [-0.25, -0.2) is 0 Å². The summed E-state index contributed by atoms with van der Waals surface area (Å²) in [5, 5.41) is 10.9. The Hall–Kier alpha value is -2.60. The van der Waals surface area contributed by atoms with Gasteiger partial charge in [-0.15, -0.1) is 0 Å². The second-order valence-electron chi connectivity index (χ2n) is 8.59. The maximum absolute atomic E-state index is 12.3. The predicted molar refractivity (Wildman–Crippen MR) is 125 cm³/mol. The molecule has 0 spiro atoms. The molecule has 1 fully saturated rings. The number of nitrogens with one attached hydrogen (secondary N) is 2. The largest absolute Gasteiger partial charge is 0.348 e. The van der Waals surface area contributed by atoms with Crippen molar-refractivity contribution in [1.82, 2.24) is 15.1 Å². The first-order valence-electron chi connectivity index (χ1n) is 10.9. The second-order valence-corrected chi connectivity index (χ2v) is 8.95. The third kappa shape index (κ3) is 6.44. The minimum Gasteiger partial charge on any atom is -0.348 e. The van der Waals surface area contributed by atoms with Crippen molar-refractivity contribution in [3.63, 3.8) is 0 Å². The Bertz CT molecular complexity index is 958. The van der Waals surface area contributed by atoms with Gasteiger partial charge in [0.1, 0.15) is 5.15 Å². The fraction of sp³-hybridized carbons (Fsp3) is 0.458. The summed E-state index contributed by atoms with van der Waals surface area (Å²) < 4.78 is 1.77. The van der Waals surface area contributed by atoms with Crippen molar-refractivity contribution in [2.75, 3.05) is 5.32 Å². The summed E-state index contributed by atoms with van der Waals surface area (Å²) >= 11 is 6.42. The van der Waals surface area contributed by atoms with Crippen LogP contribution in [-0.4, -0.2) is 21.6 Å². The van der Waals surface area contributed by atoms with Crippen molar-refractivity contribution in [3.8, 4) is 0 Å². The minimum absolute atomic E-state index is 0.0897. The standard InChI is InChI=1S/C24H31ClN4O2/c1-16(2)15-29-23(25)21(17(3)28-29)11-12-22(30)26-14-18-7-6-10-20(13-18)27-24(31)19-8-4-5-9-19/h6-7,10-13,16,19H,4-5,8-9,14-15H2,1-3H3,(H,26,30)(H,27,31)/b12-11+. The van der Waals surface area contributed by atoms with Crippen LogP contribution in [-0.2, 0) is 22.7 Å². The summed E-state index contributed by atoms with van der Waals surface area (Å²) in [6, 6.07) is 7.57. The highest BCUT2D eigenvalue weighted by Gasteiger charge is 2.22. The Morgan fingerprint density at radius 3 is 2.74 bits per heavy atom. The molecule has 0 atom stereocenters. The van der Waals surface area contributed by atoms with Gasteiger partial charge >= 0.3 is 0 Å². The van der Waals surface area contributed by atoms with Crippen LogP contribution in [0.2, 0.25) is 5.15 Å². The van der Waals surface area contributed by atoms with Crippen molar-refractivity contribution in [2.24, 2.45) is 11.8 Å². The van der Waals surface area contributed by atoms with E-state index in [1.165, 1.54) is 6.08 Å². The molecule has 0 saturated heterocycles. The number of aromatic nitrogens is 2. The van der Waals surface area contributed by atoms with Crippen LogP contribution in [0, 0.1) is 18.8 Å². The minimum atomic E-state index is -0.215. The van der Waals surface area contributed by atoms with Crippen LogP contribution < -0.4 is 10.6 Å². The molecule has 1 aliphatic rings. The molecular formula is C24H31ClN4O2. The Balaban J connectivity index is 1.55. The molecule has 166 valence electrons. The number of benzene rings is 1. The quantitative estimate of drug-likeness (QED) is 0.567. The Kier molecular flexibility index (Phi) is 7.91. The third-order valence-electron chi connectivity index (χ3n) is 5.44. The molecule has 3 rings (SSSR count). The van der Waals surface area contributed by atoms with Crippen molar-refractivity contribution >= 4 is 35.2 Å². The zero-order chi connectivity index (χ0) is 22.4. The number of halogens is 1. The van der Waals surface area contributed by atoms with Crippen LogP contribution in [0.5, 0.6) is 0 Å². The number of carbonyl (C=O) groups is 2. The molecule has 1 aromatic heterocycles. The lowest BCUT2D eigenvalue weighted by Crippen LogP contribution is -2.21. The van der Waals surface area contributed by atoms with Crippen LogP contribution in [0.15, 0.2) is 30.3 Å². The molecule has 0 bridgehead atoms. The molecular weight excluding hydrogens is 412 g/mol. The third-order valence-corrected chi connectivity index (χ3v) is 5.83. The highest BCUT2D eigenvalue weighted by molar-refractivity contribution is 6.31. The lowest BCUT2D eigenvalue weighted by Gasteiger charge is -2.11. The van der Waals surface area contributed by atoms with E-state index in [1.54, 1.807) is 10.8 Å². The van der Waals surface area contributed by atoms with Gasteiger partial charge in [0.05, 0.1) is 5.69 Å². The number of rotatable bonds is 8. The van der Waals surface area contributed by atoms with E-state index in [0.29, 0.717) is 17.6 Å². The van der Waals surface area contributed by atoms with Gasteiger partial charge in [-0.3, -0.25) is 14.3 Å². The molecule has 1 saturated carbocycles. The Morgan fingerprint density at radius 1 is 1.29 bits per heavy atom. The van der Waals surface area contributed by atoms with E-state index in [2.05, 4.69) is 29.6 Å². The van der Waals surface area contributed by atoms with Crippen molar-refractivity contribution < 1.29 is 9.59 Å².